The van der Waals surface area contributed by atoms with E-state index in [2.05, 4.69) is 5.32 Å². The predicted octanol–water partition coefficient (Wildman–Crippen LogP) is 1.19. The molecule has 1 heterocycles. The summed E-state index contributed by atoms with van der Waals surface area (Å²) in [5, 5.41) is 22.5. The number of hydrogen-bond donors (Lipinski definition) is 3. The number of aromatic carboxylic acids is 1. The Hall–Kier alpha value is -3.19. The van der Waals surface area contributed by atoms with Crippen LogP contribution in [0.25, 0.3) is 10.8 Å². The number of nitrogens with zero attached hydrogens (tertiary/aromatic N) is 1. The third-order valence-electron chi connectivity index (χ3n) is 3.75. The van der Waals surface area contributed by atoms with Crippen LogP contribution in [-0.2, 0) is 9.59 Å². The Balaban J connectivity index is 2.01. The minimum Gasteiger partial charge on any atom is -0.478 e. The minimum atomic E-state index is -1.14. The van der Waals surface area contributed by atoms with Crippen molar-refractivity contribution in [2.75, 3.05) is 18.5 Å². The highest BCUT2D eigenvalue weighted by Crippen LogP contribution is 2.28. The molecule has 2 aromatic rings. The van der Waals surface area contributed by atoms with Gasteiger partial charge < -0.3 is 15.5 Å². The van der Waals surface area contributed by atoms with Crippen LogP contribution in [0.1, 0.15) is 10.4 Å². The maximum absolute atomic E-state index is 12.2. The summed E-state index contributed by atoms with van der Waals surface area (Å²) in [7, 11) is 0. The Morgan fingerprint density at radius 3 is 2.58 bits per heavy atom. The van der Waals surface area contributed by atoms with Crippen LogP contribution >= 0.6 is 0 Å². The third kappa shape index (κ3) is 2.61. The lowest BCUT2D eigenvalue weighted by atomic mass is 10.0. The largest absolute Gasteiger partial charge is 0.478 e. The van der Waals surface area contributed by atoms with Crippen LogP contribution in [0, 0.1) is 0 Å². The molecular weight excluding hydrogens is 312 g/mol. The number of β-amino-alcohol motifs (C(OH)–C–C–N with tert-alkyl or cyclic N) is 1. The lowest BCUT2D eigenvalue weighted by molar-refractivity contribution is -0.137. The van der Waals surface area contributed by atoms with Gasteiger partial charge in [0.05, 0.1) is 24.4 Å². The molecule has 0 saturated carbocycles. The molecule has 0 fully saturated rings. The summed E-state index contributed by atoms with van der Waals surface area (Å²) >= 11 is 0. The van der Waals surface area contributed by atoms with Crippen molar-refractivity contribution in [3.8, 4) is 0 Å². The molecule has 1 aliphatic rings. The van der Waals surface area contributed by atoms with E-state index in [0.717, 1.165) is 16.4 Å². The van der Waals surface area contributed by atoms with Crippen molar-refractivity contribution in [3.05, 3.63) is 53.7 Å². The lowest BCUT2D eigenvalue weighted by Gasteiger charge is -2.15. The Bertz CT molecular complexity index is 888. The third-order valence-corrected chi connectivity index (χ3v) is 3.75. The number of carboxylic acid groups (broad SMARTS) is 1. The number of carbonyl (C=O) groups excluding carboxylic acids is 2. The number of fused-ring (bicyclic) bond motifs is 1. The van der Waals surface area contributed by atoms with Crippen molar-refractivity contribution in [3.63, 3.8) is 0 Å². The fourth-order valence-corrected chi connectivity index (χ4v) is 2.66. The normalized spacial score (nSPS) is 14.2. The molecule has 3 N–H and O–H groups in total. The SMILES string of the molecule is O=C(O)c1c(NC2=CC(=O)N(CCO)C2=O)ccc2ccccc12. The number of nitrogens with one attached hydrogen (secondary N) is 1. The summed E-state index contributed by atoms with van der Waals surface area (Å²) in [6.45, 7) is -0.447. The monoisotopic (exact) mass is 326 g/mol. The molecule has 0 saturated heterocycles. The summed E-state index contributed by atoms with van der Waals surface area (Å²) in [6, 6.07) is 10.3. The number of aliphatic hydroxyl groups excluding tert-OH is 1. The van der Waals surface area contributed by atoms with Crippen molar-refractivity contribution in [2.45, 2.75) is 0 Å². The number of amides is 2. The zero-order valence-electron chi connectivity index (χ0n) is 12.5. The smallest absolute Gasteiger partial charge is 0.338 e. The number of aliphatic hydroxyl groups is 1. The van der Waals surface area contributed by atoms with Gasteiger partial charge in [-0.1, -0.05) is 30.3 Å². The zero-order valence-corrected chi connectivity index (χ0v) is 12.5. The number of carbonyl (C=O) groups is 3. The summed E-state index contributed by atoms with van der Waals surface area (Å²) in [4.78, 5) is 36.5. The Labute approximate surface area is 136 Å². The molecule has 0 spiro atoms. The van der Waals surface area contributed by atoms with E-state index in [1.165, 1.54) is 0 Å². The fraction of sp³-hybridized carbons (Fsp3) is 0.118. The van der Waals surface area contributed by atoms with Gasteiger partial charge in [-0.2, -0.15) is 0 Å². The zero-order chi connectivity index (χ0) is 17.3. The average molecular weight is 326 g/mol. The summed E-state index contributed by atoms with van der Waals surface area (Å²) in [5.74, 6) is -2.29. The van der Waals surface area contributed by atoms with Crippen molar-refractivity contribution in [2.24, 2.45) is 0 Å². The van der Waals surface area contributed by atoms with E-state index in [1.807, 2.05) is 0 Å². The number of benzene rings is 2. The quantitative estimate of drug-likeness (QED) is 0.713. The average Bonchev–Trinajstić information content (AvgIpc) is 2.82. The van der Waals surface area contributed by atoms with E-state index in [-0.39, 0.29) is 30.1 Å². The molecule has 0 unspecified atom stereocenters. The molecule has 0 aromatic heterocycles. The minimum absolute atomic E-state index is 0.0220. The Kier molecular flexibility index (Phi) is 4.01. The van der Waals surface area contributed by atoms with Crippen LogP contribution in [0.15, 0.2) is 48.2 Å². The van der Waals surface area contributed by atoms with Crippen molar-refractivity contribution >= 4 is 34.2 Å². The van der Waals surface area contributed by atoms with Crippen molar-refractivity contribution in [1.29, 1.82) is 0 Å². The summed E-state index contributed by atoms with van der Waals surface area (Å²) < 4.78 is 0. The summed E-state index contributed by atoms with van der Waals surface area (Å²) in [6.07, 6.45) is 1.10. The second-order valence-corrected chi connectivity index (χ2v) is 5.22. The first-order valence-corrected chi connectivity index (χ1v) is 7.23. The van der Waals surface area contributed by atoms with Gasteiger partial charge >= 0.3 is 5.97 Å². The molecule has 3 rings (SSSR count). The molecule has 2 aromatic carbocycles. The lowest BCUT2D eigenvalue weighted by Crippen LogP contribution is -2.34. The van der Waals surface area contributed by atoms with Crippen LogP contribution < -0.4 is 5.32 Å². The molecule has 1 aliphatic heterocycles. The van der Waals surface area contributed by atoms with E-state index in [0.29, 0.717) is 5.39 Å². The topological polar surface area (TPSA) is 107 Å². The number of carboxylic acids is 1. The number of imide groups is 1. The highest BCUT2D eigenvalue weighted by atomic mass is 16.4. The van der Waals surface area contributed by atoms with Gasteiger partial charge in [0.2, 0.25) is 0 Å². The van der Waals surface area contributed by atoms with Gasteiger partial charge in [0.1, 0.15) is 5.70 Å². The maximum atomic E-state index is 12.2. The Morgan fingerprint density at radius 2 is 1.88 bits per heavy atom. The molecule has 24 heavy (non-hydrogen) atoms. The standard InChI is InChI=1S/C17H14N2O5/c20-8-7-19-14(21)9-13(16(19)22)18-12-6-5-10-3-1-2-4-11(10)15(12)17(23)24/h1-6,9,18,20H,7-8H2,(H,23,24). The van der Waals surface area contributed by atoms with Gasteiger partial charge in [-0.15, -0.1) is 0 Å². The van der Waals surface area contributed by atoms with E-state index >= 15 is 0 Å². The van der Waals surface area contributed by atoms with Gasteiger partial charge in [0, 0.05) is 6.08 Å². The predicted molar refractivity (Wildman–Crippen MR) is 86.4 cm³/mol. The second kappa shape index (κ2) is 6.13. The van der Waals surface area contributed by atoms with E-state index in [9.17, 15) is 19.5 Å². The van der Waals surface area contributed by atoms with Crippen LogP contribution in [0.3, 0.4) is 0 Å². The molecule has 0 radical (unpaired) electrons. The van der Waals surface area contributed by atoms with Crippen molar-refractivity contribution < 1.29 is 24.6 Å². The molecule has 0 bridgehead atoms. The molecule has 2 amide bonds. The van der Waals surface area contributed by atoms with Gasteiger partial charge in [0.15, 0.2) is 0 Å². The molecule has 0 aliphatic carbocycles. The molecular formula is C17H14N2O5. The maximum Gasteiger partial charge on any atom is 0.338 e. The first kappa shape index (κ1) is 15.7. The number of hydrogen-bond acceptors (Lipinski definition) is 5. The highest BCUT2D eigenvalue weighted by molar-refractivity contribution is 6.18. The van der Waals surface area contributed by atoms with Gasteiger partial charge in [0.25, 0.3) is 11.8 Å². The number of anilines is 1. The summed E-state index contributed by atoms with van der Waals surface area (Å²) in [5.41, 5.74) is 0.223. The molecule has 7 nitrogen and oxygen atoms in total. The molecule has 7 heteroatoms. The van der Waals surface area contributed by atoms with E-state index in [1.54, 1.807) is 36.4 Å². The molecule has 122 valence electrons. The molecule has 0 atom stereocenters. The Morgan fingerprint density at radius 1 is 1.12 bits per heavy atom. The van der Waals surface area contributed by atoms with Crippen molar-refractivity contribution in [1.82, 2.24) is 4.90 Å². The number of rotatable bonds is 5. The van der Waals surface area contributed by atoms with Crippen LogP contribution in [-0.4, -0.2) is 46.0 Å². The fourth-order valence-electron chi connectivity index (χ4n) is 2.66. The van der Waals surface area contributed by atoms with Gasteiger partial charge in [-0.3, -0.25) is 14.5 Å². The highest BCUT2D eigenvalue weighted by Gasteiger charge is 2.31. The van der Waals surface area contributed by atoms with Crippen LogP contribution in [0.4, 0.5) is 5.69 Å². The first-order chi connectivity index (χ1) is 11.5. The van der Waals surface area contributed by atoms with Gasteiger partial charge in [-0.05, 0) is 16.8 Å². The first-order valence-electron chi connectivity index (χ1n) is 7.23. The van der Waals surface area contributed by atoms with E-state index < -0.39 is 17.8 Å². The van der Waals surface area contributed by atoms with Crippen LogP contribution in [0.2, 0.25) is 0 Å². The second-order valence-electron chi connectivity index (χ2n) is 5.22. The van der Waals surface area contributed by atoms with Crippen LogP contribution in [0.5, 0.6) is 0 Å². The van der Waals surface area contributed by atoms with E-state index in [4.69, 9.17) is 5.11 Å². The van der Waals surface area contributed by atoms with Gasteiger partial charge in [-0.25, -0.2) is 4.79 Å².